The van der Waals surface area contributed by atoms with Crippen molar-refractivity contribution in [1.29, 1.82) is 0 Å². The van der Waals surface area contributed by atoms with Gasteiger partial charge in [-0.3, -0.25) is 14.5 Å². The largest absolute Gasteiger partial charge is 0.475 e. The fourth-order valence-electron chi connectivity index (χ4n) is 5.87. The van der Waals surface area contributed by atoms with E-state index in [-0.39, 0.29) is 30.4 Å². The number of nitrogens with zero attached hydrogens (tertiary/aromatic N) is 7. The van der Waals surface area contributed by atoms with Crippen LogP contribution in [-0.2, 0) is 29.0 Å². The van der Waals surface area contributed by atoms with Crippen LogP contribution in [0.5, 0.6) is 5.88 Å². The molecule has 2 N–H and O–H groups in total. The minimum atomic E-state index is -0.830. The number of fused-ring (bicyclic) bond motifs is 12. The molecule has 4 aromatic rings. The zero-order valence-electron chi connectivity index (χ0n) is 25.3. The first-order valence-corrected chi connectivity index (χ1v) is 15.5. The lowest BCUT2D eigenvalue weighted by atomic mass is 9.95. The summed E-state index contributed by atoms with van der Waals surface area (Å²) in [5.74, 6) is 0.0681. The molecule has 13 heteroatoms. The van der Waals surface area contributed by atoms with Crippen molar-refractivity contribution in [3.05, 3.63) is 89.9 Å². The van der Waals surface area contributed by atoms with Crippen molar-refractivity contribution in [1.82, 2.24) is 45.1 Å². The van der Waals surface area contributed by atoms with Crippen LogP contribution in [0.15, 0.2) is 67.4 Å². The van der Waals surface area contributed by atoms with Crippen molar-refractivity contribution in [2.75, 3.05) is 46.0 Å². The first-order valence-electron chi connectivity index (χ1n) is 15.5. The number of benzene rings is 1. The number of piperidine rings is 1. The number of aromatic nitrogens is 6. The molecule has 3 aliphatic rings. The molecule has 3 aromatic heterocycles. The number of imidazole rings is 1. The summed E-state index contributed by atoms with van der Waals surface area (Å²) in [6.45, 7) is 5.32. The Morgan fingerprint density at radius 2 is 1.82 bits per heavy atom. The van der Waals surface area contributed by atoms with Crippen LogP contribution in [0.25, 0.3) is 0 Å². The third kappa shape index (κ3) is 8.31. The van der Waals surface area contributed by atoms with Gasteiger partial charge in [-0.05, 0) is 36.5 Å². The van der Waals surface area contributed by atoms with Crippen molar-refractivity contribution in [2.45, 2.75) is 38.4 Å². The van der Waals surface area contributed by atoms with E-state index in [9.17, 15) is 9.59 Å². The van der Waals surface area contributed by atoms with Crippen molar-refractivity contribution in [2.24, 2.45) is 5.92 Å². The number of rotatable bonds is 6. The van der Waals surface area contributed by atoms with Gasteiger partial charge in [0.15, 0.2) is 0 Å². The summed E-state index contributed by atoms with van der Waals surface area (Å²) in [6.07, 6.45) is 8.91. The summed E-state index contributed by atoms with van der Waals surface area (Å²) in [5.41, 5.74) is 3.02. The second-order valence-electron chi connectivity index (χ2n) is 11.5. The third-order valence-corrected chi connectivity index (χ3v) is 8.22. The van der Waals surface area contributed by atoms with Crippen molar-refractivity contribution >= 4 is 11.8 Å². The lowest BCUT2D eigenvalue weighted by Gasteiger charge is -2.36. The van der Waals surface area contributed by atoms with Crippen LogP contribution in [0.1, 0.15) is 40.2 Å². The van der Waals surface area contributed by atoms with Crippen LogP contribution in [0.4, 0.5) is 0 Å². The molecule has 45 heavy (non-hydrogen) atoms. The number of nitrogens with one attached hydrogen (secondary N) is 2. The van der Waals surface area contributed by atoms with E-state index in [4.69, 9.17) is 9.47 Å². The van der Waals surface area contributed by atoms with Gasteiger partial charge in [-0.1, -0.05) is 35.5 Å². The second kappa shape index (κ2) is 14.9. The third-order valence-electron chi connectivity index (χ3n) is 8.22. The molecular formula is C32H39N9O4. The Bertz CT molecular complexity index is 1520. The zero-order chi connectivity index (χ0) is 30.8. The van der Waals surface area contributed by atoms with Crippen LogP contribution >= 0.6 is 0 Å². The smallest absolute Gasteiger partial charge is 0.257 e. The van der Waals surface area contributed by atoms with Crippen LogP contribution in [0, 0.1) is 5.92 Å². The molecule has 0 unspecified atom stereocenters. The Hall–Kier alpha value is -4.62. The SMILES string of the molecule is O=C1N[C@H](Cc2cn(Cc3ccccc3)nn2)C(=O)N2CCC(CC2)CN(Cc2cnc[nH]2)CCOCCOc2ncccc21. The summed E-state index contributed by atoms with van der Waals surface area (Å²) in [7, 11) is 0. The average molecular weight is 614 g/mol. The maximum atomic E-state index is 14.0. The van der Waals surface area contributed by atoms with Gasteiger partial charge < -0.3 is 24.7 Å². The molecule has 2 bridgehead atoms. The second-order valence-corrected chi connectivity index (χ2v) is 11.5. The van der Waals surface area contributed by atoms with Crippen LogP contribution in [0.3, 0.4) is 0 Å². The van der Waals surface area contributed by atoms with Gasteiger partial charge in [0, 0.05) is 63.4 Å². The molecule has 0 saturated carbocycles. The standard InChI is InChI=1S/C32H39N9O4/c42-30-28-7-4-10-34-31(28)45-16-15-44-14-13-39(21-27-18-33-23-35-27)19-25-8-11-40(12-9-25)32(43)29(36-30)17-26-22-41(38-37-26)20-24-5-2-1-3-6-24/h1-7,10,18,22-23,25,29H,8-9,11-17,19-21H2,(H,33,35)(H,36,42)/t29-/m1/s1. The fourth-order valence-corrected chi connectivity index (χ4v) is 5.87. The molecule has 3 aliphatic heterocycles. The highest BCUT2D eigenvalue weighted by Gasteiger charge is 2.32. The van der Waals surface area contributed by atoms with Crippen molar-refractivity contribution < 1.29 is 19.1 Å². The fraction of sp³-hybridized carbons (Fsp3) is 0.438. The van der Waals surface area contributed by atoms with Crippen molar-refractivity contribution in [3.8, 4) is 5.88 Å². The molecule has 0 aliphatic carbocycles. The molecule has 1 fully saturated rings. The minimum absolute atomic E-state index is 0.130. The molecule has 1 atom stereocenters. The Morgan fingerprint density at radius 3 is 2.64 bits per heavy atom. The van der Waals surface area contributed by atoms with Gasteiger partial charge in [-0.15, -0.1) is 5.10 Å². The van der Waals surface area contributed by atoms with E-state index in [1.165, 1.54) is 0 Å². The maximum Gasteiger partial charge on any atom is 0.257 e. The number of ether oxygens (including phenoxy) is 2. The predicted octanol–water partition coefficient (Wildman–Crippen LogP) is 1.94. The predicted molar refractivity (Wildman–Crippen MR) is 164 cm³/mol. The number of carbonyl (C=O) groups is 2. The normalized spacial score (nSPS) is 20.6. The number of carbonyl (C=O) groups excluding carboxylic acids is 2. The molecule has 7 rings (SSSR count). The number of hydrogen-bond donors (Lipinski definition) is 2. The van der Waals surface area contributed by atoms with Gasteiger partial charge in [0.05, 0.1) is 31.8 Å². The quantitative estimate of drug-likeness (QED) is 0.312. The molecule has 2 amide bonds. The maximum absolute atomic E-state index is 14.0. The van der Waals surface area contributed by atoms with E-state index >= 15 is 0 Å². The molecule has 13 nitrogen and oxygen atoms in total. The van der Waals surface area contributed by atoms with E-state index in [1.807, 2.05) is 47.6 Å². The number of H-pyrrole nitrogens is 1. The molecule has 236 valence electrons. The lowest BCUT2D eigenvalue weighted by Crippen LogP contribution is -2.52. The minimum Gasteiger partial charge on any atom is -0.475 e. The van der Waals surface area contributed by atoms with Crippen LogP contribution in [-0.4, -0.2) is 104 Å². The molecule has 1 saturated heterocycles. The Labute approximate surface area is 261 Å². The number of aromatic amines is 1. The zero-order valence-corrected chi connectivity index (χ0v) is 25.3. The van der Waals surface area contributed by atoms with Gasteiger partial charge in [0.25, 0.3) is 5.91 Å². The molecule has 6 heterocycles. The number of amides is 2. The Balaban J connectivity index is 1.20. The highest BCUT2D eigenvalue weighted by Crippen LogP contribution is 2.22. The van der Waals surface area contributed by atoms with Gasteiger partial charge >= 0.3 is 0 Å². The molecular weight excluding hydrogens is 574 g/mol. The lowest BCUT2D eigenvalue weighted by molar-refractivity contribution is -0.134. The highest BCUT2D eigenvalue weighted by atomic mass is 16.5. The summed E-state index contributed by atoms with van der Waals surface area (Å²) < 4.78 is 13.5. The Kier molecular flexibility index (Phi) is 10.1. The van der Waals surface area contributed by atoms with E-state index in [2.05, 4.69) is 35.5 Å². The highest BCUT2D eigenvalue weighted by molar-refractivity contribution is 5.99. The van der Waals surface area contributed by atoms with Gasteiger partial charge in [0.1, 0.15) is 18.2 Å². The average Bonchev–Trinajstić information content (AvgIpc) is 3.74. The monoisotopic (exact) mass is 613 g/mol. The summed E-state index contributed by atoms with van der Waals surface area (Å²) in [4.78, 5) is 43.5. The number of pyridine rings is 1. The molecule has 1 aromatic carbocycles. The van der Waals surface area contributed by atoms with E-state index in [1.54, 1.807) is 29.3 Å². The number of hydrogen-bond acceptors (Lipinski definition) is 9. The van der Waals surface area contributed by atoms with Crippen molar-refractivity contribution in [3.63, 3.8) is 0 Å². The summed E-state index contributed by atoms with van der Waals surface area (Å²) >= 11 is 0. The molecule has 0 radical (unpaired) electrons. The van der Waals surface area contributed by atoms with E-state index in [0.29, 0.717) is 44.5 Å². The summed E-state index contributed by atoms with van der Waals surface area (Å²) in [6, 6.07) is 12.5. The molecule has 0 spiro atoms. The van der Waals surface area contributed by atoms with E-state index in [0.717, 1.165) is 43.7 Å². The van der Waals surface area contributed by atoms with Gasteiger partial charge in [0.2, 0.25) is 11.8 Å². The van der Waals surface area contributed by atoms with Crippen LogP contribution < -0.4 is 10.1 Å². The first-order chi connectivity index (χ1) is 22.1. The van der Waals surface area contributed by atoms with Crippen LogP contribution in [0.2, 0.25) is 0 Å². The topological polar surface area (TPSA) is 143 Å². The first kappa shape index (κ1) is 30.4. The summed E-state index contributed by atoms with van der Waals surface area (Å²) in [5, 5.41) is 11.6. The van der Waals surface area contributed by atoms with Gasteiger partial charge in [-0.25, -0.2) is 14.6 Å². The van der Waals surface area contributed by atoms with Gasteiger partial charge in [-0.2, -0.15) is 0 Å². The Morgan fingerprint density at radius 1 is 0.956 bits per heavy atom. The van der Waals surface area contributed by atoms with E-state index < -0.39 is 11.9 Å².